The number of benzene rings is 3. The molecule has 49 heavy (non-hydrogen) atoms. The number of methoxy groups -OCH3 is 1. The Morgan fingerprint density at radius 1 is 0.959 bits per heavy atom. The minimum Gasteiger partial charge on any atom is -0.493 e. The number of amides is 3. The van der Waals surface area contributed by atoms with Gasteiger partial charge in [-0.25, -0.2) is 0 Å². The SMILES string of the molecule is COc1cc([C@H]2c3sc(=O)[nH]c3SC3C4CC(C5C(=O)N(c6ccccc6)C(=O)C45)C32)ccc1OCC(=O)Nc1ccccc1C(F)(F)F. The lowest BCUT2D eigenvalue weighted by atomic mass is 9.68. The summed E-state index contributed by atoms with van der Waals surface area (Å²) >= 11 is 2.72. The molecular weight excluding hydrogens is 680 g/mol. The first kappa shape index (κ1) is 31.7. The molecule has 14 heteroatoms. The lowest BCUT2D eigenvalue weighted by Crippen LogP contribution is -2.42. The van der Waals surface area contributed by atoms with E-state index >= 15 is 0 Å². The van der Waals surface area contributed by atoms with Crippen LogP contribution in [-0.2, 0) is 20.6 Å². The van der Waals surface area contributed by atoms with Crippen LogP contribution in [0.4, 0.5) is 24.5 Å². The van der Waals surface area contributed by atoms with Crippen molar-refractivity contribution in [1.82, 2.24) is 4.98 Å². The van der Waals surface area contributed by atoms with E-state index in [1.54, 1.807) is 48.2 Å². The summed E-state index contributed by atoms with van der Waals surface area (Å²) in [5.41, 5.74) is 0.0456. The average Bonchev–Trinajstić information content (AvgIpc) is 3.82. The molecule has 0 radical (unpaired) electrons. The van der Waals surface area contributed by atoms with Gasteiger partial charge < -0.3 is 19.8 Å². The minimum absolute atomic E-state index is 0.00772. The first-order chi connectivity index (χ1) is 23.5. The zero-order valence-corrected chi connectivity index (χ0v) is 27.4. The number of rotatable bonds is 7. The van der Waals surface area contributed by atoms with Gasteiger partial charge in [-0.1, -0.05) is 47.7 Å². The van der Waals surface area contributed by atoms with Crippen LogP contribution in [0.15, 0.2) is 82.6 Å². The van der Waals surface area contributed by atoms with Crippen LogP contribution in [0.2, 0.25) is 0 Å². The molecule has 6 unspecified atom stereocenters. The van der Waals surface area contributed by atoms with Crippen molar-refractivity contribution in [1.29, 1.82) is 0 Å². The molecule has 3 heterocycles. The number of carbonyl (C=O) groups excluding carboxylic acids is 3. The van der Waals surface area contributed by atoms with Gasteiger partial charge in [0.2, 0.25) is 11.8 Å². The van der Waals surface area contributed by atoms with Crippen LogP contribution in [-0.4, -0.2) is 41.7 Å². The van der Waals surface area contributed by atoms with E-state index in [1.165, 1.54) is 30.2 Å². The number of nitrogens with zero attached hydrogens (tertiary/aromatic N) is 1. The standard InChI is InChI=1S/C35H28F3N3O6S2/c1-46-23-13-16(11-12-22(23)47-15-24(42)39-21-10-6-5-9-20(21)35(36,37)38)25-26-18-14-19(29(26)48-31-30(25)49-34(45)40-31)28-27(18)32(43)41(33(28)44)17-7-3-2-4-8-17/h2-13,18-19,25-29H,14-15H2,1H3,(H,39,42)(H,40,45)/t18?,19?,25-,26?,27?,28?,29?/m1/s1. The van der Waals surface area contributed by atoms with Crippen molar-refractivity contribution < 1.29 is 37.0 Å². The lowest BCUT2D eigenvalue weighted by Gasteiger charge is -2.43. The van der Waals surface area contributed by atoms with Gasteiger partial charge >= 0.3 is 11.0 Å². The zero-order chi connectivity index (χ0) is 34.2. The smallest absolute Gasteiger partial charge is 0.418 e. The zero-order valence-electron chi connectivity index (χ0n) is 25.7. The molecule has 2 bridgehead atoms. The highest BCUT2D eigenvalue weighted by Gasteiger charge is 2.69. The molecule has 1 aromatic heterocycles. The van der Waals surface area contributed by atoms with Crippen LogP contribution in [0.1, 0.15) is 28.3 Å². The normalized spacial score (nSPS) is 26.7. The van der Waals surface area contributed by atoms with E-state index in [2.05, 4.69) is 10.3 Å². The van der Waals surface area contributed by atoms with E-state index in [0.717, 1.165) is 39.3 Å². The van der Waals surface area contributed by atoms with Crippen LogP contribution in [0.25, 0.3) is 0 Å². The van der Waals surface area contributed by atoms with Gasteiger partial charge in [-0.05, 0) is 66.1 Å². The third kappa shape index (κ3) is 5.14. The van der Waals surface area contributed by atoms with E-state index in [-0.39, 0.29) is 57.0 Å². The summed E-state index contributed by atoms with van der Waals surface area (Å²) in [5.74, 6) is -1.95. The number of anilines is 2. The van der Waals surface area contributed by atoms with Gasteiger partial charge in [0.15, 0.2) is 18.1 Å². The van der Waals surface area contributed by atoms with E-state index in [0.29, 0.717) is 11.4 Å². The lowest BCUT2D eigenvalue weighted by molar-refractivity contribution is -0.137. The van der Waals surface area contributed by atoms with Crippen molar-refractivity contribution in [3.63, 3.8) is 0 Å². The average molecular weight is 708 g/mol. The topological polar surface area (TPSA) is 118 Å². The molecule has 252 valence electrons. The Kier molecular flexibility index (Phi) is 7.63. The summed E-state index contributed by atoms with van der Waals surface area (Å²) in [5, 5.41) is 3.02. The monoisotopic (exact) mass is 707 g/mol. The molecule has 2 saturated carbocycles. The largest absolute Gasteiger partial charge is 0.493 e. The Morgan fingerprint density at radius 3 is 2.41 bits per heavy atom. The summed E-state index contributed by atoms with van der Waals surface area (Å²) in [6, 6.07) is 18.9. The van der Waals surface area contributed by atoms with E-state index < -0.39 is 36.1 Å². The van der Waals surface area contributed by atoms with Crippen molar-refractivity contribution in [2.24, 2.45) is 29.6 Å². The second kappa shape index (κ2) is 11.8. The molecule has 3 fully saturated rings. The van der Waals surface area contributed by atoms with Crippen molar-refractivity contribution in [3.8, 4) is 11.5 Å². The van der Waals surface area contributed by atoms with Crippen LogP contribution >= 0.6 is 23.1 Å². The number of fused-ring (bicyclic) bond motifs is 9. The molecule has 4 aromatic rings. The number of thioether (sulfide) groups is 1. The molecule has 3 amide bonds. The second-order valence-corrected chi connectivity index (χ2v) is 14.8. The molecule has 2 aliphatic heterocycles. The highest BCUT2D eigenvalue weighted by Crippen LogP contribution is 2.68. The molecule has 2 N–H and O–H groups in total. The van der Waals surface area contributed by atoms with Gasteiger partial charge in [0, 0.05) is 16.0 Å². The van der Waals surface area contributed by atoms with Crippen molar-refractivity contribution in [2.75, 3.05) is 23.9 Å². The van der Waals surface area contributed by atoms with Crippen LogP contribution in [0.5, 0.6) is 11.5 Å². The number of para-hydroxylation sites is 2. The molecule has 2 aliphatic carbocycles. The van der Waals surface area contributed by atoms with Crippen LogP contribution in [0, 0.1) is 29.6 Å². The summed E-state index contributed by atoms with van der Waals surface area (Å²) < 4.78 is 51.5. The molecule has 4 aliphatic rings. The summed E-state index contributed by atoms with van der Waals surface area (Å²) in [6.45, 7) is -0.572. The van der Waals surface area contributed by atoms with E-state index in [9.17, 15) is 32.3 Å². The summed E-state index contributed by atoms with van der Waals surface area (Å²) in [6.07, 6.45) is -3.91. The van der Waals surface area contributed by atoms with Gasteiger partial charge in [0.1, 0.15) is 0 Å². The first-order valence-corrected chi connectivity index (χ1v) is 17.3. The number of nitrogens with one attached hydrogen (secondary N) is 2. The van der Waals surface area contributed by atoms with Gasteiger partial charge in [-0.15, -0.1) is 11.8 Å². The number of halogens is 3. The maximum Gasteiger partial charge on any atom is 0.418 e. The number of aromatic nitrogens is 1. The maximum absolute atomic E-state index is 13.9. The van der Waals surface area contributed by atoms with Gasteiger partial charge in [-0.3, -0.25) is 24.1 Å². The number of imide groups is 1. The summed E-state index contributed by atoms with van der Waals surface area (Å²) in [7, 11) is 1.44. The van der Waals surface area contributed by atoms with Crippen molar-refractivity contribution in [2.45, 2.75) is 28.8 Å². The fourth-order valence-corrected chi connectivity index (χ4v) is 11.3. The minimum atomic E-state index is -4.64. The van der Waals surface area contributed by atoms with Gasteiger partial charge in [0.25, 0.3) is 5.91 Å². The van der Waals surface area contributed by atoms with E-state index in [1.807, 2.05) is 12.1 Å². The number of ether oxygens (including phenoxy) is 2. The highest BCUT2D eigenvalue weighted by molar-refractivity contribution is 8.00. The predicted octanol–water partition coefficient (Wildman–Crippen LogP) is 6.16. The van der Waals surface area contributed by atoms with Crippen LogP contribution in [0.3, 0.4) is 0 Å². The van der Waals surface area contributed by atoms with Crippen LogP contribution < -0.4 is 24.6 Å². The predicted molar refractivity (Wildman–Crippen MR) is 176 cm³/mol. The van der Waals surface area contributed by atoms with Gasteiger partial charge in [-0.2, -0.15) is 13.2 Å². The number of alkyl halides is 3. The second-order valence-electron chi connectivity index (χ2n) is 12.6. The molecule has 9 nitrogen and oxygen atoms in total. The Bertz CT molecular complexity index is 2050. The number of aromatic amines is 1. The van der Waals surface area contributed by atoms with Gasteiger partial charge in [0.05, 0.1) is 40.9 Å². The molecule has 8 rings (SSSR count). The maximum atomic E-state index is 13.9. The Morgan fingerprint density at radius 2 is 1.67 bits per heavy atom. The fraction of sp³-hybridized carbons (Fsp3) is 0.314. The highest BCUT2D eigenvalue weighted by atomic mass is 32.2. The first-order valence-electron chi connectivity index (χ1n) is 15.6. The number of thiazole rings is 1. The molecule has 7 atom stereocenters. The van der Waals surface area contributed by atoms with Crippen molar-refractivity contribution in [3.05, 3.63) is 98.5 Å². The number of hydrogen-bond acceptors (Lipinski definition) is 8. The Balaban J connectivity index is 1.07. The molecular formula is C35H28F3N3O6S2. The third-order valence-electron chi connectivity index (χ3n) is 10.2. The molecule has 1 saturated heterocycles. The number of carbonyl (C=O) groups is 3. The molecule has 0 spiro atoms. The van der Waals surface area contributed by atoms with E-state index in [4.69, 9.17) is 9.47 Å². The number of hydrogen-bond donors (Lipinski definition) is 2. The van der Waals surface area contributed by atoms with Crippen molar-refractivity contribution >= 4 is 52.2 Å². The Hall–Kier alpha value is -4.56. The Labute approximate surface area is 285 Å². The molecule has 3 aromatic carbocycles. The third-order valence-corrected chi connectivity index (χ3v) is 12.7. The number of H-pyrrole nitrogens is 1. The fourth-order valence-electron chi connectivity index (χ4n) is 8.39. The summed E-state index contributed by atoms with van der Waals surface area (Å²) in [4.78, 5) is 58.0. The quantitative estimate of drug-likeness (QED) is 0.221.